The van der Waals surface area contributed by atoms with E-state index >= 15 is 0 Å². The lowest BCUT2D eigenvalue weighted by Gasteiger charge is -2.12. The first-order chi connectivity index (χ1) is 16.3. The standard InChI is InChI=1S/C24H26N4O4S2/c1-14-10-15(2)22(16(3)11-14)25-21(30)13-33-24-28-27-23(34-24)26-20(29)9-7-17-6-8-18(31-4)19(12-17)32-5/h6-12H,13H2,1-5H3,(H,25,30)(H,26,27,29)/b9-7+. The number of hydrogen-bond donors (Lipinski definition) is 2. The smallest absolute Gasteiger partial charge is 0.250 e. The van der Waals surface area contributed by atoms with E-state index in [-0.39, 0.29) is 17.6 Å². The maximum absolute atomic E-state index is 12.4. The number of methoxy groups -OCH3 is 2. The van der Waals surface area contributed by atoms with Crippen LogP contribution in [0.3, 0.4) is 0 Å². The SMILES string of the molecule is COc1ccc(/C=C/C(=O)Nc2nnc(SCC(=O)Nc3c(C)cc(C)cc3C)s2)cc1OC. The van der Waals surface area contributed by atoms with Crippen LogP contribution in [-0.2, 0) is 9.59 Å². The van der Waals surface area contributed by atoms with Crippen molar-refractivity contribution in [2.24, 2.45) is 0 Å². The Morgan fingerprint density at radius 3 is 2.38 bits per heavy atom. The highest BCUT2D eigenvalue weighted by atomic mass is 32.2. The second-order valence-corrected chi connectivity index (χ2v) is 9.62. The Morgan fingerprint density at radius 1 is 1.00 bits per heavy atom. The Kier molecular flexibility index (Phi) is 8.67. The Bertz CT molecular complexity index is 1200. The van der Waals surface area contributed by atoms with Crippen LogP contribution in [0.1, 0.15) is 22.3 Å². The van der Waals surface area contributed by atoms with Crippen LogP contribution in [0.25, 0.3) is 6.08 Å². The first-order valence-electron chi connectivity index (χ1n) is 10.3. The lowest BCUT2D eigenvalue weighted by atomic mass is 10.1. The van der Waals surface area contributed by atoms with E-state index in [4.69, 9.17) is 9.47 Å². The first kappa shape index (κ1) is 25.3. The molecular weight excluding hydrogens is 472 g/mol. The molecule has 3 rings (SSSR count). The van der Waals surface area contributed by atoms with Gasteiger partial charge in [0.05, 0.1) is 20.0 Å². The molecule has 1 heterocycles. The van der Waals surface area contributed by atoms with Gasteiger partial charge in [0.25, 0.3) is 0 Å². The van der Waals surface area contributed by atoms with E-state index in [1.807, 2.05) is 39.0 Å². The van der Waals surface area contributed by atoms with Crippen molar-refractivity contribution in [3.63, 3.8) is 0 Å². The molecule has 0 saturated heterocycles. The second kappa shape index (κ2) is 11.7. The van der Waals surface area contributed by atoms with E-state index in [0.29, 0.717) is 21.0 Å². The van der Waals surface area contributed by atoms with Gasteiger partial charge >= 0.3 is 0 Å². The molecule has 8 nitrogen and oxygen atoms in total. The molecule has 2 N–H and O–H groups in total. The minimum Gasteiger partial charge on any atom is -0.493 e. The van der Waals surface area contributed by atoms with Crippen LogP contribution in [0.15, 0.2) is 40.7 Å². The average molecular weight is 499 g/mol. The molecule has 0 spiro atoms. The maximum atomic E-state index is 12.4. The highest BCUT2D eigenvalue weighted by Crippen LogP contribution is 2.29. The number of ether oxygens (including phenoxy) is 2. The van der Waals surface area contributed by atoms with E-state index in [1.165, 1.54) is 29.2 Å². The van der Waals surface area contributed by atoms with E-state index in [9.17, 15) is 9.59 Å². The normalized spacial score (nSPS) is 10.9. The number of nitrogens with one attached hydrogen (secondary N) is 2. The summed E-state index contributed by atoms with van der Waals surface area (Å²) in [6.07, 6.45) is 3.06. The predicted octanol–water partition coefficient (Wildman–Crippen LogP) is 4.86. The van der Waals surface area contributed by atoms with E-state index in [2.05, 4.69) is 20.8 Å². The summed E-state index contributed by atoms with van der Waals surface area (Å²) >= 11 is 2.47. The number of hydrogen-bond acceptors (Lipinski definition) is 8. The zero-order valence-corrected chi connectivity index (χ0v) is 21.2. The van der Waals surface area contributed by atoms with Crippen molar-refractivity contribution < 1.29 is 19.1 Å². The summed E-state index contributed by atoms with van der Waals surface area (Å²) in [6, 6.07) is 9.43. The number of amides is 2. The molecule has 0 aliphatic carbocycles. The van der Waals surface area contributed by atoms with Gasteiger partial charge in [-0.05, 0) is 55.7 Å². The third-order valence-electron chi connectivity index (χ3n) is 4.74. The van der Waals surface area contributed by atoms with Crippen molar-refractivity contribution in [3.8, 4) is 11.5 Å². The molecule has 2 amide bonds. The fourth-order valence-corrected chi connectivity index (χ4v) is 4.83. The molecule has 0 fully saturated rings. The summed E-state index contributed by atoms with van der Waals surface area (Å²) in [6.45, 7) is 5.98. The number of nitrogens with zero attached hydrogens (tertiary/aromatic N) is 2. The molecule has 0 saturated carbocycles. The molecule has 178 valence electrons. The maximum Gasteiger partial charge on any atom is 0.250 e. The number of anilines is 2. The van der Waals surface area contributed by atoms with Crippen molar-refractivity contribution >= 4 is 51.8 Å². The van der Waals surface area contributed by atoms with Crippen LogP contribution in [-0.4, -0.2) is 42.0 Å². The van der Waals surface area contributed by atoms with Crippen molar-refractivity contribution in [2.45, 2.75) is 25.1 Å². The van der Waals surface area contributed by atoms with E-state index < -0.39 is 0 Å². The van der Waals surface area contributed by atoms with Gasteiger partial charge in [-0.1, -0.05) is 46.9 Å². The summed E-state index contributed by atoms with van der Waals surface area (Å²) < 4.78 is 11.1. The van der Waals surface area contributed by atoms with Crippen LogP contribution in [0.4, 0.5) is 10.8 Å². The highest BCUT2D eigenvalue weighted by Gasteiger charge is 2.12. The zero-order chi connectivity index (χ0) is 24.7. The number of rotatable bonds is 9. The number of carbonyl (C=O) groups excluding carboxylic acids is 2. The minimum absolute atomic E-state index is 0.126. The zero-order valence-electron chi connectivity index (χ0n) is 19.6. The quantitative estimate of drug-likeness (QED) is 0.247. The molecule has 0 aliphatic rings. The predicted molar refractivity (Wildman–Crippen MR) is 137 cm³/mol. The third kappa shape index (κ3) is 6.82. The Hall–Kier alpha value is -3.37. The Labute approximate surface area is 206 Å². The molecule has 34 heavy (non-hydrogen) atoms. The summed E-state index contributed by atoms with van der Waals surface area (Å²) in [5, 5.41) is 14.0. The Balaban J connectivity index is 1.52. The monoisotopic (exact) mass is 498 g/mol. The van der Waals surface area contributed by atoms with Gasteiger partial charge in [0, 0.05) is 11.8 Å². The molecule has 0 aliphatic heterocycles. The molecule has 0 unspecified atom stereocenters. The number of carbonyl (C=O) groups is 2. The number of benzene rings is 2. The van der Waals surface area contributed by atoms with Crippen molar-refractivity contribution in [1.29, 1.82) is 0 Å². The summed E-state index contributed by atoms with van der Waals surface area (Å²) in [7, 11) is 3.12. The summed E-state index contributed by atoms with van der Waals surface area (Å²) in [4.78, 5) is 24.6. The lowest BCUT2D eigenvalue weighted by Crippen LogP contribution is -2.15. The van der Waals surface area contributed by atoms with Gasteiger partial charge in [-0.15, -0.1) is 10.2 Å². The summed E-state index contributed by atoms with van der Waals surface area (Å²) in [5.41, 5.74) is 4.83. The van der Waals surface area contributed by atoms with Crippen molar-refractivity contribution in [3.05, 3.63) is 58.7 Å². The molecule has 2 aromatic carbocycles. The van der Waals surface area contributed by atoms with Crippen LogP contribution >= 0.6 is 23.1 Å². The van der Waals surface area contributed by atoms with Crippen molar-refractivity contribution in [2.75, 3.05) is 30.6 Å². The Morgan fingerprint density at radius 2 is 1.71 bits per heavy atom. The first-order valence-corrected chi connectivity index (χ1v) is 12.1. The highest BCUT2D eigenvalue weighted by molar-refractivity contribution is 8.01. The topological polar surface area (TPSA) is 102 Å². The molecule has 0 bridgehead atoms. The van der Waals surface area contributed by atoms with Gasteiger partial charge in [0.1, 0.15) is 0 Å². The fourth-order valence-electron chi connectivity index (χ4n) is 3.27. The van der Waals surface area contributed by atoms with Gasteiger partial charge in [-0.2, -0.15) is 0 Å². The van der Waals surface area contributed by atoms with Gasteiger partial charge in [0.2, 0.25) is 16.9 Å². The third-order valence-corrected chi connectivity index (χ3v) is 6.71. The second-order valence-electron chi connectivity index (χ2n) is 7.42. The number of aromatic nitrogens is 2. The average Bonchev–Trinajstić information content (AvgIpc) is 3.25. The van der Waals surface area contributed by atoms with Gasteiger partial charge in [0.15, 0.2) is 15.8 Å². The lowest BCUT2D eigenvalue weighted by molar-refractivity contribution is -0.114. The van der Waals surface area contributed by atoms with Crippen LogP contribution < -0.4 is 20.1 Å². The molecule has 1 aromatic heterocycles. The van der Waals surface area contributed by atoms with Crippen molar-refractivity contribution in [1.82, 2.24) is 10.2 Å². The van der Waals surface area contributed by atoms with Crippen LogP contribution in [0.2, 0.25) is 0 Å². The fraction of sp³-hybridized carbons (Fsp3) is 0.250. The van der Waals surface area contributed by atoms with Crippen LogP contribution in [0, 0.1) is 20.8 Å². The van der Waals surface area contributed by atoms with E-state index in [0.717, 1.165) is 27.9 Å². The minimum atomic E-state index is -0.342. The molecule has 10 heteroatoms. The number of thioether (sulfide) groups is 1. The van der Waals surface area contributed by atoms with Gasteiger partial charge in [-0.3, -0.25) is 14.9 Å². The van der Waals surface area contributed by atoms with Crippen LogP contribution in [0.5, 0.6) is 11.5 Å². The molecular formula is C24H26N4O4S2. The largest absolute Gasteiger partial charge is 0.493 e. The van der Waals surface area contributed by atoms with Gasteiger partial charge < -0.3 is 14.8 Å². The summed E-state index contributed by atoms with van der Waals surface area (Å²) in [5.74, 6) is 0.909. The number of aryl methyl sites for hydroxylation is 3. The molecule has 0 atom stereocenters. The van der Waals surface area contributed by atoms with Gasteiger partial charge in [-0.25, -0.2) is 0 Å². The van der Waals surface area contributed by atoms with E-state index in [1.54, 1.807) is 32.4 Å². The molecule has 0 radical (unpaired) electrons. The molecule has 3 aromatic rings.